The topological polar surface area (TPSA) is 97.2 Å². The fraction of sp³-hybridized carbons (Fsp3) is 0.143. The highest BCUT2D eigenvalue weighted by atomic mass is 35.5. The van der Waals surface area contributed by atoms with Crippen molar-refractivity contribution in [1.29, 1.82) is 0 Å². The van der Waals surface area contributed by atoms with Gasteiger partial charge in [0.05, 0.1) is 9.95 Å². The molecular formula is C14H13ClN4O3. The number of rotatable bonds is 6. The summed E-state index contributed by atoms with van der Waals surface area (Å²) >= 11 is 5.89. The molecule has 1 aromatic carbocycles. The second-order valence-corrected chi connectivity index (χ2v) is 4.78. The minimum absolute atomic E-state index is 0.137. The number of hydrogen-bond acceptors (Lipinski definition) is 5. The SMILES string of the molecule is O=C(CCNc1ncc([N+](=O)[O-])cc1Cl)Nc1ccccc1. The maximum absolute atomic E-state index is 11.7. The predicted molar refractivity (Wildman–Crippen MR) is 84.1 cm³/mol. The number of para-hydroxylation sites is 1. The average molecular weight is 321 g/mol. The largest absolute Gasteiger partial charge is 0.368 e. The Bertz CT molecular complexity index is 679. The van der Waals surface area contributed by atoms with Gasteiger partial charge in [-0.25, -0.2) is 4.98 Å². The Hall–Kier alpha value is -2.67. The van der Waals surface area contributed by atoms with Crippen molar-refractivity contribution in [2.75, 3.05) is 17.2 Å². The number of hydrogen-bond donors (Lipinski definition) is 2. The first-order valence-corrected chi connectivity index (χ1v) is 6.83. The molecule has 22 heavy (non-hydrogen) atoms. The highest BCUT2D eigenvalue weighted by molar-refractivity contribution is 6.33. The number of anilines is 2. The summed E-state index contributed by atoms with van der Waals surface area (Å²) in [6.07, 6.45) is 1.32. The van der Waals surface area contributed by atoms with E-state index in [0.29, 0.717) is 12.4 Å². The number of nitrogens with one attached hydrogen (secondary N) is 2. The molecule has 114 valence electrons. The van der Waals surface area contributed by atoms with E-state index in [0.717, 1.165) is 11.9 Å². The van der Waals surface area contributed by atoms with Gasteiger partial charge in [0.1, 0.15) is 12.0 Å². The molecule has 0 aliphatic heterocycles. The zero-order chi connectivity index (χ0) is 15.9. The van der Waals surface area contributed by atoms with Gasteiger partial charge >= 0.3 is 0 Å². The van der Waals surface area contributed by atoms with Crippen molar-refractivity contribution in [2.24, 2.45) is 0 Å². The second kappa shape index (κ2) is 7.37. The molecule has 0 saturated carbocycles. The van der Waals surface area contributed by atoms with Crippen molar-refractivity contribution in [1.82, 2.24) is 4.98 Å². The van der Waals surface area contributed by atoms with E-state index in [-0.39, 0.29) is 23.0 Å². The molecule has 0 fully saturated rings. The highest BCUT2D eigenvalue weighted by Crippen LogP contribution is 2.23. The first kappa shape index (κ1) is 15.7. The maximum Gasteiger partial charge on any atom is 0.289 e. The summed E-state index contributed by atoms with van der Waals surface area (Å²) in [5.74, 6) is 0.150. The molecule has 1 aromatic heterocycles. The highest BCUT2D eigenvalue weighted by Gasteiger charge is 2.11. The van der Waals surface area contributed by atoms with Gasteiger partial charge in [0.15, 0.2) is 0 Å². The number of carbonyl (C=O) groups excluding carboxylic acids is 1. The molecule has 0 spiro atoms. The van der Waals surface area contributed by atoms with Crippen molar-refractivity contribution in [3.63, 3.8) is 0 Å². The summed E-state index contributed by atoms with van der Waals surface area (Å²) in [5.41, 5.74) is 0.538. The van der Waals surface area contributed by atoms with Gasteiger partial charge < -0.3 is 10.6 Å². The molecule has 0 saturated heterocycles. The zero-order valence-electron chi connectivity index (χ0n) is 11.5. The lowest BCUT2D eigenvalue weighted by molar-refractivity contribution is -0.385. The van der Waals surface area contributed by atoms with Crippen LogP contribution in [-0.2, 0) is 4.79 Å². The Labute approximate surface area is 131 Å². The van der Waals surface area contributed by atoms with E-state index in [1.165, 1.54) is 6.07 Å². The molecule has 7 nitrogen and oxygen atoms in total. The molecule has 8 heteroatoms. The van der Waals surface area contributed by atoms with Gasteiger partial charge in [-0.15, -0.1) is 0 Å². The number of halogens is 1. The Morgan fingerprint density at radius 2 is 2.05 bits per heavy atom. The van der Waals surface area contributed by atoms with Crippen molar-refractivity contribution in [2.45, 2.75) is 6.42 Å². The third-order valence-electron chi connectivity index (χ3n) is 2.74. The van der Waals surface area contributed by atoms with E-state index < -0.39 is 4.92 Å². The Morgan fingerprint density at radius 3 is 2.68 bits per heavy atom. The quantitative estimate of drug-likeness (QED) is 0.629. The van der Waals surface area contributed by atoms with Crippen molar-refractivity contribution in [3.05, 3.63) is 57.7 Å². The number of aromatic nitrogens is 1. The predicted octanol–water partition coefficient (Wildman–Crippen LogP) is 3.08. The first-order valence-electron chi connectivity index (χ1n) is 6.45. The third-order valence-corrected chi connectivity index (χ3v) is 3.03. The van der Waals surface area contributed by atoms with Crippen LogP contribution < -0.4 is 10.6 Å². The van der Waals surface area contributed by atoms with Crippen LogP contribution in [0, 0.1) is 10.1 Å². The van der Waals surface area contributed by atoms with E-state index in [1.807, 2.05) is 18.2 Å². The molecular weight excluding hydrogens is 308 g/mol. The lowest BCUT2D eigenvalue weighted by Gasteiger charge is -2.08. The number of nitrogens with zero attached hydrogens (tertiary/aromatic N) is 2. The minimum atomic E-state index is -0.573. The molecule has 0 unspecified atom stereocenters. The summed E-state index contributed by atoms with van der Waals surface area (Å²) in [5, 5.41) is 16.3. The monoisotopic (exact) mass is 320 g/mol. The molecule has 2 N–H and O–H groups in total. The third kappa shape index (κ3) is 4.42. The summed E-state index contributed by atoms with van der Waals surface area (Å²) in [6, 6.07) is 10.3. The summed E-state index contributed by atoms with van der Waals surface area (Å²) in [4.78, 5) is 25.6. The standard InChI is InChI=1S/C14H13ClN4O3/c15-12-8-11(19(21)22)9-17-14(12)16-7-6-13(20)18-10-4-2-1-3-5-10/h1-5,8-9H,6-7H2,(H,16,17)(H,18,20). The fourth-order valence-corrected chi connectivity index (χ4v) is 1.92. The summed E-state index contributed by atoms with van der Waals surface area (Å²) < 4.78 is 0. The summed E-state index contributed by atoms with van der Waals surface area (Å²) in [7, 11) is 0. The minimum Gasteiger partial charge on any atom is -0.368 e. The van der Waals surface area contributed by atoms with Crippen LogP contribution in [0.4, 0.5) is 17.2 Å². The average Bonchev–Trinajstić information content (AvgIpc) is 2.49. The van der Waals surface area contributed by atoms with Crippen LogP contribution in [0.5, 0.6) is 0 Å². The Kier molecular flexibility index (Phi) is 5.26. The van der Waals surface area contributed by atoms with Gasteiger partial charge in [-0.2, -0.15) is 0 Å². The van der Waals surface area contributed by atoms with Crippen molar-refractivity contribution >= 4 is 34.7 Å². The Morgan fingerprint density at radius 1 is 1.32 bits per heavy atom. The fourth-order valence-electron chi connectivity index (χ4n) is 1.70. The normalized spacial score (nSPS) is 10.0. The molecule has 1 amide bonds. The lowest BCUT2D eigenvalue weighted by atomic mass is 10.3. The van der Waals surface area contributed by atoms with Crippen LogP contribution in [-0.4, -0.2) is 22.4 Å². The lowest BCUT2D eigenvalue weighted by Crippen LogP contribution is -2.16. The van der Waals surface area contributed by atoms with Crippen LogP contribution in [0.2, 0.25) is 5.02 Å². The number of benzene rings is 1. The first-order chi connectivity index (χ1) is 10.6. The number of carbonyl (C=O) groups is 1. The van der Waals surface area contributed by atoms with Gasteiger partial charge in [0.2, 0.25) is 5.91 Å². The molecule has 1 heterocycles. The zero-order valence-corrected chi connectivity index (χ0v) is 12.2. The number of pyridine rings is 1. The van der Waals surface area contributed by atoms with E-state index in [9.17, 15) is 14.9 Å². The smallest absolute Gasteiger partial charge is 0.289 e. The molecule has 2 rings (SSSR count). The van der Waals surface area contributed by atoms with Crippen LogP contribution in [0.1, 0.15) is 6.42 Å². The van der Waals surface area contributed by atoms with Gasteiger partial charge in [0.25, 0.3) is 5.69 Å². The van der Waals surface area contributed by atoms with Gasteiger partial charge in [-0.05, 0) is 12.1 Å². The molecule has 0 bridgehead atoms. The van der Waals surface area contributed by atoms with Gasteiger partial charge in [-0.3, -0.25) is 14.9 Å². The molecule has 2 aromatic rings. The molecule has 0 aliphatic carbocycles. The van der Waals surface area contributed by atoms with Crippen LogP contribution in [0.25, 0.3) is 0 Å². The van der Waals surface area contributed by atoms with E-state index >= 15 is 0 Å². The second-order valence-electron chi connectivity index (χ2n) is 4.37. The number of nitro groups is 1. The molecule has 0 atom stereocenters. The molecule has 0 aliphatic rings. The van der Waals surface area contributed by atoms with Crippen molar-refractivity contribution in [3.8, 4) is 0 Å². The van der Waals surface area contributed by atoms with Gasteiger partial charge in [0, 0.05) is 24.7 Å². The van der Waals surface area contributed by atoms with Gasteiger partial charge in [-0.1, -0.05) is 29.8 Å². The van der Waals surface area contributed by atoms with Crippen LogP contribution >= 0.6 is 11.6 Å². The van der Waals surface area contributed by atoms with E-state index in [4.69, 9.17) is 11.6 Å². The maximum atomic E-state index is 11.7. The number of amides is 1. The van der Waals surface area contributed by atoms with E-state index in [1.54, 1.807) is 12.1 Å². The van der Waals surface area contributed by atoms with Crippen molar-refractivity contribution < 1.29 is 9.72 Å². The van der Waals surface area contributed by atoms with Crippen LogP contribution in [0.15, 0.2) is 42.6 Å². The molecule has 0 radical (unpaired) electrons. The summed E-state index contributed by atoms with van der Waals surface area (Å²) in [6.45, 7) is 0.309. The van der Waals surface area contributed by atoms with E-state index in [2.05, 4.69) is 15.6 Å². The Balaban J connectivity index is 1.83. The van der Waals surface area contributed by atoms with Crippen LogP contribution in [0.3, 0.4) is 0 Å².